The molecule has 2 aromatic rings. The van der Waals surface area contributed by atoms with Crippen LogP contribution in [0.25, 0.3) is 0 Å². The van der Waals surface area contributed by atoms with Crippen LogP contribution in [0, 0.1) is 0 Å². The number of nitrogens with two attached hydrogens (primary N) is 1. The van der Waals surface area contributed by atoms with Crippen molar-refractivity contribution in [2.75, 3.05) is 17.7 Å². The summed E-state index contributed by atoms with van der Waals surface area (Å²) in [6, 6.07) is 16.1. The maximum atomic E-state index is 9.43. The second-order valence-electron chi connectivity index (χ2n) is 4.89. The standard InChI is InChI=1S/C16H20N2O/c1-12(18(2)14-6-4-3-5-7-14)10-13-8-9-16(19)15(17)11-13/h3-9,11-12,19H,10,17H2,1-2H3. The Bertz CT molecular complexity index is 540. The number of likely N-dealkylation sites (N-methyl/N-ethyl adjacent to an activating group) is 1. The number of phenolic OH excluding ortho intramolecular Hbond substituents is 1. The number of benzene rings is 2. The Morgan fingerprint density at radius 3 is 2.47 bits per heavy atom. The van der Waals surface area contributed by atoms with Gasteiger partial charge in [-0.3, -0.25) is 0 Å². The number of rotatable bonds is 4. The third kappa shape index (κ3) is 3.19. The van der Waals surface area contributed by atoms with Crippen molar-refractivity contribution in [3.8, 4) is 5.75 Å². The Balaban J connectivity index is 2.08. The van der Waals surface area contributed by atoms with Crippen LogP contribution in [-0.4, -0.2) is 18.2 Å². The molecule has 2 aromatic carbocycles. The first-order chi connectivity index (χ1) is 9.08. The van der Waals surface area contributed by atoms with E-state index in [0.29, 0.717) is 11.7 Å². The minimum Gasteiger partial charge on any atom is -0.506 e. The van der Waals surface area contributed by atoms with Gasteiger partial charge in [0.2, 0.25) is 0 Å². The van der Waals surface area contributed by atoms with E-state index in [-0.39, 0.29) is 5.75 Å². The molecule has 19 heavy (non-hydrogen) atoms. The van der Waals surface area contributed by atoms with Crippen LogP contribution in [0.5, 0.6) is 5.75 Å². The SMILES string of the molecule is CC(Cc1ccc(O)c(N)c1)N(C)c1ccccc1. The molecule has 0 amide bonds. The largest absolute Gasteiger partial charge is 0.506 e. The van der Waals surface area contributed by atoms with E-state index in [1.165, 1.54) is 5.69 Å². The van der Waals surface area contributed by atoms with Gasteiger partial charge < -0.3 is 15.7 Å². The highest BCUT2D eigenvalue weighted by Crippen LogP contribution is 2.23. The number of aromatic hydroxyl groups is 1. The highest BCUT2D eigenvalue weighted by Gasteiger charge is 2.11. The van der Waals surface area contributed by atoms with Crippen molar-refractivity contribution < 1.29 is 5.11 Å². The monoisotopic (exact) mass is 256 g/mol. The molecule has 0 radical (unpaired) electrons. The quantitative estimate of drug-likeness (QED) is 0.653. The lowest BCUT2D eigenvalue weighted by Gasteiger charge is -2.27. The Morgan fingerprint density at radius 1 is 1.16 bits per heavy atom. The Kier molecular flexibility index (Phi) is 3.95. The van der Waals surface area contributed by atoms with Crippen LogP contribution in [0.4, 0.5) is 11.4 Å². The molecule has 0 aliphatic rings. The van der Waals surface area contributed by atoms with Crippen LogP contribution in [-0.2, 0) is 6.42 Å². The van der Waals surface area contributed by atoms with E-state index in [9.17, 15) is 5.11 Å². The maximum Gasteiger partial charge on any atom is 0.138 e. The van der Waals surface area contributed by atoms with Gasteiger partial charge in [-0.15, -0.1) is 0 Å². The molecule has 0 aromatic heterocycles. The van der Waals surface area contributed by atoms with Crippen molar-refractivity contribution >= 4 is 11.4 Å². The van der Waals surface area contributed by atoms with Gasteiger partial charge in [0, 0.05) is 18.8 Å². The Hall–Kier alpha value is -2.16. The predicted molar refractivity (Wildman–Crippen MR) is 80.5 cm³/mol. The van der Waals surface area contributed by atoms with Gasteiger partial charge in [-0.05, 0) is 43.2 Å². The van der Waals surface area contributed by atoms with E-state index in [1.54, 1.807) is 6.07 Å². The molecule has 1 atom stereocenters. The second-order valence-corrected chi connectivity index (χ2v) is 4.89. The molecule has 0 spiro atoms. The van der Waals surface area contributed by atoms with Crippen LogP contribution in [0.15, 0.2) is 48.5 Å². The molecular weight excluding hydrogens is 236 g/mol. The zero-order valence-electron chi connectivity index (χ0n) is 11.4. The summed E-state index contributed by atoms with van der Waals surface area (Å²) < 4.78 is 0. The predicted octanol–water partition coefficient (Wildman–Crippen LogP) is 3.04. The average molecular weight is 256 g/mol. The summed E-state index contributed by atoms with van der Waals surface area (Å²) in [6.45, 7) is 2.18. The number of hydrogen-bond acceptors (Lipinski definition) is 3. The number of hydrogen-bond donors (Lipinski definition) is 2. The number of anilines is 2. The minimum absolute atomic E-state index is 0.146. The summed E-state index contributed by atoms with van der Waals surface area (Å²) in [5.74, 6) is 0.146. The molecule has 3 N–H and O–H groups in total. The summed E-state index contributed by atoms with van der Waals surface area (Å²) in [5.41, 5.74) is 8.48. The van der Waals surface area contributed by atoms with Crippen LogP contribution in [0.1, 0.15) is 12.5 Å². The van der Waals surface area contributed by atoms with Gasteiger partial charge in [-0.25, -0.2) is 0 Å². The topological polar surface area (TPSA) is 49.5 Å². The first-order valence-electron chi connectivity index (χ1n) is 6.43. The van der Waals surface area contributed by atoms with Crippen LogP contribution in [0.2, 0.25) is 0 Å². The fourth-order valence-corrected chi connectivity index (χ4v) is 2.13. The van der Waals surface area contributed by atoms with E-state index in [1.807, 2.05) is 30.3 Å². The summed E-state index contributed by atoms with van der Waals surface area (Å²) in [7, 11) is 2.09. The first-order valence-corrected chi connectivity index (χ1v) is 6.43. The van der Waals surface area contributed by atoms with Gasteiger partial charge in [0.15, 0.2) is 0 Å². The fraction of sp³-hybridized carbons (Fsp3) is 0.250. The van der Waals surface area contributed by atoms with Crippen molar-refractivity contribution in [2.45, 2.75) is 19.4 Å². The zero-order chi connectivity index (χ0) is 13.8. The van der Waals surface area contributed by atoms with E-state index in [4.69, 9.17) is 5.73 Å². The molecule has 0 bridgehead atoms. The number of nitrogen functional groups attached to an aromatic ring is 1. The third-order valence-electron chi connectivity index (χ3n) is 3.45. The van der Waals surface area contributed by atoms with Gasteiger partial charge in [0.1, 0.15) is 5.75 Å². The van der Waals surface area contributed by atoms with E-state index in [2.05, 4.69) is 31.0 Å². The fourth-order valence-electron chi connectivity index (χ4n) is 2.13. The highest BCUT2D eigenvalue weighted by atomic mass is 16.3. The van der Waals surface area contributed by atoms with E-state index < -0.39 is 0 Å². The minimum atomic E-state index is 0.146. The van der Waals surface area contributed by atoms with Crippen LogP contribution in [0.3, 0.4) is 0 Å². The summed E-state index contributed by atoms with van der Waals surface area (Å²) in [6.07, 6.45) is 0.885. The molecule has 0 aliphatic heterocycles. The molecule has 0 saturated carbocycles. The Labute approximate surface area is 114 Å². The van der Waals surface area contributed by atoms with Crippen molar-refractivity contribution in [1.82, 2.24) is 0 Å². The van der Waals surface area contributed by atoms with Crippen molar-refractivity contribution in [3.63, 3.8) is 0 Å². The van der Waals surface area contributed by atoms with Gasteiger partial charge in [0.05, 0.1) is 5.69 Å². The number of phenols is 1. The number of nitrogens with zero attached hydrogens (tertiary/aromatic N) is 1. The van der Waals surface area contributed by atoms with Crippen molar-refractivity contribution in [3.05, 3.63) is 54.1 Å². The molecule has 3 heteroatoms. The third-order valence-corrected chi connectivity index (χ3v) is 3.45. The number of para-hydroxylation sites is 1. The zero-order valence-corrected chi connectivity index (χ0v) is 11.4. The average Bonchev–Trinajstić information content (AvgIpc) is 2.43. The molecular formula is C16H20N2O. The first kappa shape index (κ1) is 13.3. The summed E-state index contributed by atoms with van der Waals surface area (Å²) in [4.78, 5) is 2.24. The molecule has 0 fully saturated rings. The lowest BCUT2D eigenvalue weighted by molar-refractivity contribution is 0.477. The van der Waals surface area contributed by atoms with Crippen molar-refractivity contribution in [2.24, 2.45) is 0 Å². The van der Waals surface area contributed by atoms with Gasteiger partial charge >= 0.3 is 0 Å². The van der Waals surface area contributed by atoms with Crippen molar-refractivity contribution in [1.29, 1.82) is 0 Å². The summed E-state index contributed by atoms with van der Waals surface area (Å²) in [5, 5.41) is 9.43. The maximum absolute atomic E-state index is 9.43. The van der Waals surface area contributed by atoms with Gasteiger partial charge in [0.25, 0.3) is 0 Å². The molecule has 0 aliphatic carbocycles. The smallest absolute Gasteiger partial charge is 0.138 e. The lowest BCUT2D eigenvalue weighted by Crippen LogP contribution is -2.30. The second kappa shape index (κ2) is 5.65. The van der Waals surface area contributed by atoms with Gasteiger partial charge in [-0.2, -0.15) is 0 Å². The summed E-state index contributed by atoms with van der Waals surface area (Å²) >= 11 is 0. The molecule has 3 nitrogen and oxygen atoms in total. The van der Waals surface area contributed by atoms with E-state index in [0.717, 1.165) is 12.0 Å². The lowest BCUT2D eigenvalue weighted by atomic mass is 10.0. The highest BCUT2D eigenvalue weighted by molar-refractivity contribution is 5.53. The Morgan fingerprint density at radius 2 is 1.84 bits per heavy atom. The molecule has 0 saturated heterocycles. The van der Waals surface area contributed by atoms with E-state index >= 15 is 0 Å². The van der Waals surface area contributed by atoms with Gasteiger partial charge in [-0.1, -0.05) is 24.3 Å². The molecule has 0 heterocycles. The normalized spacial score (nSPS) is 12.1. The van der Waals surface area contributed by atoms with Crippen LogP contribution < -0.4 is 10.6 Å². The molecule has 2 rings (SSSR count). The molecule has 1 unspecified atom stereocenters. The van der Waals surface area contributed by atoms with Crippen LogP contribution >= 0.6 is 0 Å². The molecule has 100 valence electrons.